The highest BCUT2D eigenvalue weighted by atomic mass is 32.2. The lowest BCUT2D eigenvalue weighted by atomic mass is 9.97. The van der Waals surface area contributed by atoms with Gasteiger partial charge in [0.1, 0.15) is 11.7 Å². The van der Waals surface area contributed by atoms with Crippen LogP contribution in [-0.2, 0) is 23.1 Å². The fraction of sp³-hybridized carbons (Fsp3) is 0.409. The smallest absolute Gasteiger partial charge is 0.327 e. The zero-order valence-corrected chi connectivity index (χ0v) is 18.5. The first-order valence-corrected chi connectivity index (χ1v) is 10.9. The van der Waals surface area contributed by atoms with E-state index < -0.39 is 40.7 Å². The Morgan fingerprint density at radius 2 is 1.87 bits per heavy atom. The number of amides is 2. The van der Waals surface area contributed by atoms with Crippen LogP contribution >= 0.6 is 11.8 Å². The van der Waals surface area contributed by atoms with Gasteiger partial charge in [-0.25, -0.2) is 4.79 Å². The van der Waals surface area contributed by atoms with E-state index in [1.165, 1.54) is 16.7 Å². The number of aromatic nitrogens is 1. The van der Waals surface area contributed by atoms with Gasteiger partial charge in [0.25, 0.3) is 11.8 Å². The zero-order valence-electron chi connectivity index (χ0n) is 17.7. The summed E-state index contributed by atoms with van der Waals surface area (Å²) < 4.78 is 0.950. The molecule has 0 spiro atoms. The summed E-state index contributed by atoms with van der Waals surface area (Å²) in [6.07, 6.45) is 0.344. The molecule has 0 aliphatic carbocycles. The Hall–Kier alpha value is -2.78. The molecule has 2 amide bonds. The molecule has 1 saturated heterocycles. The predicted octanol–water partition coefficient (Wildman–Crippen LogP) is 1.49. The highest BCUT2D eigenvalue weighted by molar-refractivity contribution is 8.00. The topological polar surface area (TPSA) is 112 Å². The Kier molecular flexibility index (Phi) is 6.76. The first kappa shape index (κ1) is 22.9. The van der Waals surface area contributed by atoms with E-state index in [2.05, 4.69) is 5.32 Å². The summed E-state index contributed by atoms with van der Waals surface area (Å²) >= 11 is 1.34. The van der Waals surface area contributed by atoms with Gasteiger partial charge in [0, 0.05) is 18.0 Å². The van der Waals surface area contributed by atoms with Gasteiger partial charge >= 0.3 is 5.97 Å². The van der Waals surface area contributed by atoms with Crippen LogP contribution in [-0.4, -0.2) is 66.3 Å². The van der Waals surface area contributed by atoms with Gasteiger partial charge in [0.05, 0.1) is 11.9 Å². The molecule has 8 nitrogen and oxygen atoms in total. The Balaban J connectivity index is 1.85. The van der Waals surface area contributed by atoms with Crippen molar-refractivity contribution in [2.75, 3.05) is 5.88 Å². The number of benzene rings is 1. The second-order valence-corrected chi connectivity index (χ2v) is 9.74. The highest BCUT2D eigenvalue weighted by Crippen LogP contribution is 2.39. The van der Waals surface area contributed by atoms with Gasteiger partial charge in [-0.1, -0.05) is 30.3 Å². The maximum Gasteiger partial charge on any atom is 0.327 e. The number of aliphatic hydroxyl groups is 1. The SMILES string of the molecule is Cn1cccc1C(=O)N[C@@H](Cc1ccccc1)[C@H](O)C(=O)N1CSC(C)(C)[C@H]1C(=O)O. The van der Waals surface area contributed by atoms with Crippen LogP contribution in [0.15, 0.2) is 48.7 Å². The average molecular weight is 446 g/mol. The fourth-order valence-corrected chi connectivity index (χ4v) is 4.91. The molecule has 2 aromatic rings. The van der Waals surface area contributed by atoms with E-state index in [0.29, 0.717) is 5.69 Å². The normalized spacial score (nSPS) is 19.6. The Labute approximate surface area is 185 Å². The average Bonchev–Trinajstić information content (AvgIpc) is 3.29. The van der Waals surface area contributed by atoms with Crippen LogP contribution in [0.4, 0.5) is 0 Å². The van der Waals surface area contributed by atoms with Gasteiger partial charge in [0.15, 0.2) is 6.10 Å². The molecule has 1 fully saturated rings. The molecule has 0 unspecified atom stereocenters. The van der Waals surface area contributed by atoms with Crippen molar-refractivity contribution in [3.63, 3.8) is 0 Å². The maximum absolute atomic E-state index is 13.2. The Morgan fingerprint density at radius 1 is 1.19 bits per heavy atom. The fourth-order valence-electron chi connectivity index (χ4n) is 3.78. The summed E-state index contributed by atoms with van der Waals surface area (Å²) in [5.41, 5.74) is 1.22. The van der Waals surface area contributed by atoms with Crippen LogP contribution in [0.25, 0.3) is 0 Å². The van der Waals surface area contributed by atoms with Crippen molar-refractivity contribution in [2.45, 2.75) is 43.2 Å². The number of hydrogen-bond acceptors (Lipinski definition) is 5. The first-order valence-electron chi connectivity index (χ1n) is 9.93. The third kappa shape index (κ3) is 4.94. The van der Waals surface area contributed by atoms with Crippen molar-refractivity contribution in [3.8, 4) is 0 Å². The minimum absolute atomic E-state index is 0.156. The van der Waals surface area contributed by atoms with Gasteiger partial charge in [-0.3, -0.25) is 9.59 Å². The zero-order chi connectivity index (χ0) is 22.8. The molecular weight excluding hydrogens is 418 g/mol. The van der Waals surface area contributed by atoms with Crippen molar-refractivity contribution in [1.29, 1.82) is 0 Å². The second-order valence-electron chi connectivity index (χ2n) is 8.14. The molecule has 0 bridgehead atoms. The number of thioether (sulfide) groups is 1. The number of nitrogens with one attached hydrogen (secondary N) is 1. The van der Waals surface area contributed by atoms with E-state index in [-0.39, 0.29) is 12.3 Å². The number of aliphatic hydroxyl groups excluding tert-OH is 1. The van der Waals surface area contributed by atoms with E-state index in [9.17, 15) is 24.6 Å². The van der Waals surface area contributed by atoms with Gasteiger partial charge in [-0.05, 0) is 38.0 Å². The van der Waals surface area contributed by atoms with E-state index in [1.807, 2.05) is 30.3 Å². The molecular formula is C22H27N3O5S. The van der Waals surface area contributed by atoms with Crippen LogP contribution in [0.5, 0.6) is 0 Å². The molecule has 3 N–H and O–H groups in total. The van der Waals surface area contributed by atoms with Crippen molar-refractivity contribution in [3.05, 3.63) is 59.9 Å². The molecule has 1 aliphatic heterocycles. The number of carbonyl (C=O) groups is 3. The van der Waals surface area contributed by atoms with Crippen molar-refractivity contribution < 1.29 is 24.6 Å². The molecule has 0 radical (unpaired) electrons. The number of carboxylic acid groups (broad SMARTS) is 1. The molecule has 1 aliphatic rings. The molecule has 166 valence electrons. The summed E-state index contributed by atoms with van der Waals surface area (Å²) in [7, 11) is 1.73. The van der Waals surface area contributed by atoms with Gasteiger partial charge in [0.2, 0.25) is 0 Å². The monoisotopic (exact) mass is 445 g/mol. The molecule has 3 atom stereocenters. The number of hydrogen-bond donors (Lipinski definition) is 3. The lowest BCUT2D eigenvalue weighted by molar-refractivity contribution is -0.154. The maximum atomic E-state index is 13.2. The van der Waals surface area contributed by atoms with Gasteiger partial charge in [-0.2, -0.15) is 0 Å². The van der Waals surface area contributed by atoms with Gasteiger partial charge < -0.3 is 25.0 Å². The van der Waals surface area contributed by atoms with Crippen molar-refractivity contribution in [1.82, 2.24) is 14.8 Å². The summed E-state index contributed by atoms with van der Waals surface area (Å²) in [4.78, 5) is 39.0. The minimum atomic E-state index is -1.60. The van der Waals surface area contributed by atoms with Crippen molar-refractivity contribution in [2.24, 2.45) is 7.05 Å². The predicted molar refractivity (Wildman–Crippen MR) is 118 cm³/mol. The van der Waals surface area contributed by atoms with Crippen LogP contribution in [0.2, 0.25) is 0 Å². The lowest BCUT2D eigenvalue weighted by Crippen LogP contribution is -2.57. The van der Waals surface area contributed by atoms with Crippen LogP contribution in [0, 0.1) is 0 Å². The number of rotatable bonds is 7. The standard InChI is InChI=1S/C22H27N3O5S/c1-22(2)18(21(29)30)25(13-31-22)20(28)17(26)15(12-14-8-5-4-6-9-14)23-19(27)16-10-7-11-24(16)3/h4-11,15,17-18,26H,12-13H2,1-3H3,(H,23,27)(H,29,30)/t15-,17-,18+/m0/s1. The lowest BCUT2D eigenvalue weighted by Gasteiger charge is -2.31. The van der Waals surface area contributed by atoms with Crippen LogP contribution in [0.3, 0.4) is 0 Å². The second kappa shape index (κ2) is 9.15. The quantitative estimate of drug-likeness (QED) is 0.595. The van der Waals surface area contributed by atoms with E-state index in [1.54, 1.807) is 43.8 Å². The summed E-state index contributed by atoms with van der Waals surface area (Å²) in [5.74, 6) is -2.10. The molecule has 2 heterocycles. The van der Waals surface area contributed by atoms with E-state index >= 15 is 0 Å². The molecule has 0 saturated carbocycles. The van der Waals surface area contributed by atoms with Crippen molar-refractivity contribution >= 4 is 29.5 Å². The number of aliphatic carboxylic acids is 1. The Morgan fingerprint density at radius 3 is 2.45 bits per heavy atom. The minimum Gasteiger partial charge on any atom is -0.480 e. The number of aryl methyl sites for hydroxylation is 1. The summed E-state index contributed by atoms with van der Waals surface area (Å²) in [6.45, 7) is 3.52. The van der Waals surface area contributed by atoms with E-state index in [4.69, 9.17) is 0 Å². The summed E-state index contributed by atoms with van der Waals surface area (Å²) in [6, 6.07) is 10.6. The van der Waals surface area contributed by atoms with E-state index in [0.717, 1.165) is 5.56 Å². The molecule has 9 heteroatoms. The van der Waals surface area contributed by atoms with Crippen LogP contribution in [0.1, 0.15) is 29.9 Å². The summed E-state index contributed by atoms with van der Waals surface area (Å²) in [5, 5.41) is 23.4. The molecule has 31 heavy (non-hydrogen) atoms. The largest absolute Gasteiger partial charge is 0.480 e. The first-order chi connectivity index (χ1) is 14.6. The molecule has 1 aromatic carbocycles. The number of nitrogens with zero attached hydrogens (tertiary/aromatic N) is 2. The van der Waals surface area contributed by atoms with Crippen LogP contribution < -0.4 is 5.32 Å². The Bertz CT molecular complexity index is 959. The molecule has 1 aromatic heterocycles. The third-order valence-corrected chi connectivity index (χ3v) is 6.86. The highest BCUT2D eigenvalue weighted by Gasteiger charge is 2.50. The molecule has 3 rings (SSSR count). The number of carboxylic acids is 1. The third-order valence-electron chi connectivity index (χ3n) is 5.49. The van der Waals surface area contributed by atoms with Gasteiger partial charge in [-0.15, -0.1) is 11.8 Å². The number of carbonyl (C=O) groups excluding carboxylic acids is 2.